The summed E-state index contributed by atoms with van der Waals surface area (Å²) < 4.78 is 11.0. The fourth-order valence-corrected chi connectivity index (χ4v) is 1.64. The second-order valence-corrected chi connectivity index (χ2v) is 4.43. The molecule has 0 aromatic heterocycles. The molecule has 3 heteroatoms. The maximum atomic E-state index is 11.2. The van der Waals surface area contributed by atoms with Gasteiger partial charge in [-0.05, 0) is 29.8 Å². The summed E-state index contributed by atoms with van der Waals surface area (Å²) in [5, 5.41) is 0. The predicted octanol–water partition coefficient (Wildman–Crippen LogP) is 3.62. The predicted molar refractivity (Wildman–Crippen MR) is 78.0 cm³/mol. The standard InChI is InChI=1S/C17H18O3/c1-2-15(18)13-20-17-10-8-16(9-11-17)19-12-14-6-4-3-5-7-14/h3-11H,2,12-13H2,1H3. The third-order valence-electron chi connectivity index (χ3n) is 2.87. The minimum atomic E-state index is 0.0920. The van der Waals surface area contributed by atoms with Gasteiger partial charge in [0.1, 0.15) is 24.7 Å². The number of carbonyl (C=O) groups excluding carboxylic acids is 1. The van der Waals surface area contributed by atoms with Crippen LogP contribution in [0.1, 0.15) is 18.9 Å². The quantitative estimate of drug-likeness (QED) is 0.770. The lowest BCUT2D eigenvalue weighted by atomic mass is 10.2. The highest BCUT2D eigenvalue weighted by molar-refractivity contribution is 5.79. The molecule has 0 aliphatic rings. The summed E-state index contributed by atoms with van der Waals surface area (Å²) in [6, 6.07) is 17.3. The molecule has 0 radical (unpaired) electrons. The Morgan fingerprint density at radius 3 is 2.10 bits per heavy atom. The van der Waals surface area contributed by atoms with Gasteiger partial charge in [-0.25, -0.2) is 0 Å². The van der Waals surface area contributed by atoms with Crippen molar-refractivity contribution in [3.8, 4) is 11.5 Å². The average Bonchev–Trinajstić information content (AvgIpc) is 2.52. The Kier molecular flexibility index (Phi) is 5.18. The second-order valence-electron chi connectivity index (χ2n) is 4.43. The van der Waals surface area contributed by atoms with Crippen LogP contribution >= 0.6 is 0 Å². The Hall–Kier alpha value is -2.29. The van der Waals surface area contributed by atoms with Gasteiger partial charge in [-0.3, -0.25) is 4.79 Å². The van der Waals surface area contributed by atoms with Gasteiger partial charge in [-0.2, -0.15) is 0 Å². The molecule has 0 fully saturated rings. The van der Waals surface area contributed by atoms with Gasteiger partial charge in [0, 0.05) is 6.42 Å². The molecule has 0 bridgehead atoms. The van der Waals surface area contributed by atoms with Crippen LogP contribution in [0.25, 0.3) is 0 Å². The SMILES string of the molecule is CCC(=O)COc1ccc(OCc2ccccc2)cc1. The lowest BCUT2D eigenvalue weighted by Gasteiger charge is -2.08. The summed E-state index contributed by atoms with van der Waals surface area (Å²) in [7, 11) is 0. The van der Waals surface area contributed by atoms with E-state index in [-0.39, 0.29) is 12.4 Å². The fourth-order valence-electron chi connectivity index (χ4n) is 1.64. The zero-order chi connectivity index (χ0) is 14.2. The zero-order valence-electron chi connectivity index (χ0n) is 11.5. The first-order valence-electron chi connectivity index (χ1n) is 6.69. The van der Waals surface area contributed by atoms with E-state index in [4.69, 9.17) is 9.47 Å². The molecule has 3 nitrogen and oxygen atoms in total. The molecule has 2 aromatic rings. The van der Waals surface area contributed by atoms with Gasteiger partial charge in [-0.15, -0.1) is 0 Å². The van der Waals surface area contributed by atoms with Crippen LogP contribution in [0, 0.1) is 0 Å². The van der Waals surface area contributed by atoms with Crippen molar-refractivity contribution in [3.05, 3.63) is 60.2 Å². The Labute approximate surface area is 119 Å². The lowest BCUT2D eigenvalue weighted by molar-refractivity contribution is -0.120. The van der Waals surface area contributed by atoms with Crippen molar-refractivity contribution in [2.45, 2.75) is 20.0 Å². The first-order valence-corrected chi connectivity index (χ1v) is 6.69. The van der Waals surface area contributed by atoms with Crippen molar-refractivity contribution in [3.63, 3.8) is 0 Å². The van der Waals surface area contributed by atoms with Gasteiger partial charge in [0.25, 0.3) is 0 Å². The topological polar surface area (TPSA) is 35.5 Å². The maximum Gasteiger partial charge on any atom is 0.169 e. The van der Waals surface area contributed by atoms with Crippen LogP contribution in [0.3, 0.4) is 0 Å². The summed E-state index contributed by atoms with van der Waals surface area (Å²) >= 11 is 0. The van der Waals surface area contributed by atoms with Crippen LogP contribution in [-0.4, -0.2) is 12.4 Å². The second kappa shape index (κ2) is 7.34. The molecule has 104 valence electrons. The van der Waals surface area contributed by atoms with Crippen LogP contribution < -0.4 is 9.47 Å². The van der Waals surface area contributed by atoms with E-state index in [0.717, 1.165) is 11.3 Å². The molecule has 0 atom stereocenters. The Morgan fingerprint density at radius 1 is 0.900 bits per heavy atom. The molecule has 0 saturated carbocycles. The van der Waals surface area contributed by atoms with Crippen molar-refractivity contribution in [1.29, 1.82) is 0 Å². The molecular formula is C17H18O3. The molecule has 0 amide bonds. The van der Waals surface area contributed by atoms with E-state index >= 15 is 0 Å². The Morgan fingerprint density at radius 2 is 1.50 bits per heavy atom. The van der Waals surface area contributed by atoms with Crippen LogP contribution in [0.4, 0.5) is 0 Å². The molecule has 0 saturated heterocycles. The highest BCUT2D eigenvalue weighted by Crippen LogP contribution is 2.18. The van der Waals surface area contributed by atoms with Gasteiger partial charge >= 0.3 is 0 Å². The van der Waals surface area contributed by atoms with E-state index < -0.39 is 0 Å². The van der Waals surface area contributed by atoms with Crippen LogP contribution in [-0.2, 0) is 11.4 Å². The normalized spacial score (nSPS) is 10.1. The average molecular weight is 270 g/mol. The summed E-state index contributed by atoms with van der Waals surface area (Å²) in [4.78, 5) is 11.2. The van der Waals surface area contributed by atoms with Gasteiger partial charge < -0.3 is 9.47 Å². The number of hydrogen-bond acceptors (Lipinski definition) is 3. The first kappa shape index (κ1) is 14.1. The summed E-state index contributed by atoms with van der Waals surface area (Å²) in [6.45, 7) is 2.49. The number of benzene rings is 2. The number of carbonyl (C=O) groups is 1. The number of rotatable bonds is 7. The third-order valence-corrected chi connectivity index (χ3v) is 2.87. The Bertz CT molecular complexity index is 532. The van der Waals surface area contributed by atoms with Crippen molar-refractivity contribution >= 4 is 5.78 Å². The van der Waals surface area contributed by atoms with Crippen molar-refractivity contribution in [1.82, 2.24) is 0 Å². The molecular weight excluding hydrogens is 252 g/mol. The van der Waals surface area contributed by atoms with Gasteiger partial charge in [-0.1, -0.05) is 37.3 Å². The highest BCUT2D eigenvalue weighted by atomic mass is 16.5. The van der Waals surface area contributed by atoms with Crippen LogP contribution in [0.15, 0.2) is 54.6 Å². The van der Waals surface area contributed by atoms with Crippen LogP contribution in [0.2, 0.25) is 0 Å². The molecule has 0 unspecified atom stereocenters. The van der Waals surface area contributed by atoms with Crippen LogP contribution in [0.5, 0.6) is 11.5 Å². The number of hydrogen-bond donors (Lipinski definition) is 0. The van der Waals surface area contributed by atoms with Crippen molar-refractivity contribution in [2.24, 2.45) is 0 Å². The van der Waals surface area contributed by atoms with E-state index in [1.165, 1.54) is 0 Å². The van der Waals surface area contributed by atoms with E-state index in [1.807, 2.05) is 61.5 Å². The third kappa shape index (κ3) is 4.43. The molecule has 2 aromatic carbocycles. The molecule has 2 rings (SSSR count). The van der Waals surface area contributed by atoms with Gasteiger partial charge in [0.05, 0.1) is 0 Å². The summed E-state index contributed by atoms with van der Waals surface area (Å²) in [5.74, 6) is 1.55. The summed E-state index contributed by atoms with van der Waals surface area (Å²) in [6.07, 6.45) is 0.498. The van der Waals surface area contributed by atoms with E-state index in [9.17, 15) is 4.79 Å². The minimum Gasteiger partial charge on any atom is -0.489 e. The molecule has 20 heavy (non-hydrogen) atoms. The smallest absolute Gasteiger partial charge is 0.169 e. The monoisotopic (exact) mass is 270 g/mol. The maximum absolute atomic E-state index is 11.2. The van der Waals surface area contributed by atoms with Gasteiger partial charge in [0.2, 0.25) is 0 Å². The number of Topliss-reactive ketones (excluding diaryl/α,β-unsaturated/α-hetero) is 1. The van der Waals surface area contributed by atoms with Crippen molar-refractivity contribution < 1.29 is 14.3 Å². The number of ether oxygens (including phenoxy) is 2. The van der Waals surface area contributed by atoms with E-state index in [1.54, 1.807) is 0 Å². The largest absolute Gasteiger partial charge is 0.489 e. The Balaban J connectivity index is 1.84. The molecule has 0 spiro atoms. The fraction of sp³-hybridized carbons (Fsp3) is 0.235. The minimum absolute atomic E-state index is 0.0920. The summed E-state index contributed by atoms with van der Waals surface area (Å²) in [5.41, 5.74) is 1.13. The molecule has 0 heterocycles. The molecule has 0 aliphatic carbocycles. The number of ketones is 1. The zero-order valence-corrected chi connectivity index (χ0v) is 11.5. The van der Waals surface area contributed by atoms with Crippen molar-refractivity contribution in [2.75, 3.05) is 6.61 Å². The van der Waals surface area contributed by atoms with E-state index in [2.05, 4.69) is 0 Å². The van der Waals surface area contributed by atoms with Gasteiger partial charge in [0.15, 0.2) is 5.78 Å². The molecule has 0 aliphatic heterocycles. The lowest BCUT2D eigenvalue weighted by Crippen LogP contribution is -2.09. The highest BCUT2D eigenvalue weighted by Gasteiger charge is 2.01. The van der Waals surface area contributed by atoms with E-state index in [0.29, 0.717) is 18.8 Å². The first-order chi connectivity index (χ1) is 9.78. The molecule has 0 N–H and O–H groups in total.